The molecule has 1 heterocycles. The van der Waals surface area contributed by atoms with Crippen molar-refractivity contribution in [3.63, 3.8) is 0 Å². The van der Waals surface area contributed by atoms with Gasteiger partial charge in [0.05, 0.1) is 10.9 Å². The molecule has 0 aliphatic heterocycles. The predicted molar refractivity (Wildman–Crippen MR) is 56.7 cm³/mol. The number of nitrogens with one attached hydrogen (secondary N) is 2. The van der Waals surface area contributed by atoms with Crippen LogP contribution in [0.15, 0.2) is 27.8 Å². The number of para-hydroxylation sites is 1. The van der Waals surface area contributed by atoms with E-state index in [-0.39, 0.29) is 16.7 Å². The molecule has 18 heavy (non-hydrogen) atoms. The van der Waals surface area contributed by atoms with Crippen molar-refractivity contribution in [3.8, 4) is 5.75 Å². The lowest BCUT2D eigenvalue weighted by Crippen LogP contribution is -2.23. The van der Waals surface area contributed by atoms with Crippen molar-refractivity contribution in [1.82, 2.24) is 9.97 Å². The van der Waals surface area contributed by atoms with Crippen LogP contribution in [0.2, 0.25) is 0 Å². The zero-order chi connectivity index (χ0) is 13.3. The second-order valence-corrected chi connectivity index (χ2v) is 3.49. The third-order valence-electron chi connectivity index (χ3n) is 2.13. The Kier molecular flexibility index (Phi) is 2.85. The molecule has 1 aromatic carbocycles. The van der Waals surface area contributed by atoms with Crippen LogP contribution in [0.4, 0.5) is 13.2 Å². The lowest BCUT2D eigenvalue weighted by atomic mass is 10.2. The SMILES string of the molecule is O=c1[nH]c(=O)c2cccc(OCC(F)(F)F)c2[nH]1. The highest BCUT2D eigenvalue weighted by atomic mass is 19.4. The zero-order valence-electron chi connectivity index (χ0n) is 8.80. The predicted octanol–water partition coefficient (Wildman–Crippen LogP) is 1.16. The van der Waals surface area contributed by atoms with Crippen LogP contribution < -0.4 is 16.0 Å². The highest BCUT2D eigenvalue weighted by Crippen LogP contribution is 2.23. The van der Waals surface area contributed by atoms with Gasteiger partial charge in [0.25, 0.3) is 5.56 Å². The minimum absolute atomic E-state index is 0.0503. The fraction of sp³-hybridized carbons (Fsp3) is 0.200. The summed E-state index contributed by atoms with van der Waals surface area (Å²) in [5, 5.41) is 0.0503. The highest BCUT2D eigenvalue weighted by Gasteiger charge is 2.28. The maximum Gasteiger partial charge on any atom is 0.422 e. The molecule has 2 N–H and O–H groups in total. The Morgan fingerprint density at radius 1 is 1.17 bits per heavy atom. The number of aromatic amines is 2. The van der Waals surface area contributed by atoms with Crippen molar-refractivity contribution in [3.05, 3.63) is 39.0 Å². The topological polar surface area (TPSA) is 74.9 Å². The van der Waals surface area contributed by atoms with Gasteiger partial charge < -0.3 is 9.72 Å². The summed E-state index contributed by atoms with van der Waals surface area (Å²) in [5.41, 5.74) is -1.56. The number of rotatable bonds is 2. The summed E-state index contributed by atoms with van der Waals surface area (Å²) in [6.07, 6.45) is -4.50. The van der Waals surface area contributed by atoms with Gasteiger partial charge in [-0.05, 0) is 12.1 Å². The van der Waals surface area contributed by atoms with Gasteiger partial charge in [0.2, 0.25) is 0 Å². The molecule has 0 amide bonds. The van der Waals surface area contributed by atoms with Crippen LogP contribution in [0.5, 0.6) is 5.75 Å². The molecule has 8 heteroatoms. The maximum atomic E-state index is 12.0. The molecule has 0 radical (unpaired) electrons. The number of H-pyrrole nitrogens is 2. The van der Waals surface area contributed by atoms with Crippen molar-refractivity contribution >= 4 is 10.9 Å². The fourth-order valence-electron chi connectivity index (χ4n) is 1.44. The van der Waals surface area contributed by atoms with Gasteiger partial charge in [-0.3, -0.25) is 9.78 Å². The van der Waals surface area contributed by atoms with E-state index in [1.807, 2.05) is 4.98 Å². The van der Waals surface area contributed by atoms with Gasteiger partial charge in [0, 0.05) is 0 Å². The van der Waals surface area contributed by atoms with Gasteiger partial charge in [-0.2, -0.15) is 13.2 Å². The normalized spacial score (nSPS) is 11.7. The van der Waals surface area contributed by atoms with Gasteiger partial charge in [0.1, 0.15) is 5.75 Å². The number of benzene rings is 1. The van der Waals surface area contributed by atoms with Crippen molar-refractivity contribution in [2.45, 2.75) is 6.18 Å². The monoisotopic (exact) mass is 260 g/mol. The number of fused-ring (bicyclic) bond motifs is 1. The lowest BCUT2D eigenvalue weighted by Gasteiger charge is -2.10. The Morgan fingerprint density at radius 3 is 2.56 bits per heavy atom. The van der Waals surface area contributed by atoms with Gasteiger partial charge in [-0.25, -0.2) is 4.79 Å². The van der Waals surface area contributed by atoms with Gasteiger partial charge >= 0.3 is 11.9 Å². The Morgan fingerprint density at radius 2 is 1.89 bits per heavy atom. The van der Waals surface area contributed by atoms with Crippen LogP contribution >= 0.6 is 0 Å². The molecule has 2 aromatic rings. The summed E-state index contributed by atoms with van der Waals surface area (Å²) >= 11 is 0. The van der Waals surface area contributed by atoms with Crippen LogP contribution in [0.25, 0.3) is 10.9 Å². The first kappa shape index (κ1) is 12.2. The van der Waals surface area contributed by atoms with Crippen LogP contribution in [0, 0.1) is 0 Å². The second-order valence-electron chi connectivity index (χ2n) is 3.49. The van der Waals surface area contributed by atoms with Crippen molar-refractivity contribution in [2.75, 3.05) is 6.61 Å². The van der Waals surface area contributed by atoms with E-state index >= 15 is 0 Å². The molecule has 0 saturated heterocycles. The molecule has 0 spiro atoms. The number of aromatic nitrogens is 2. The van der Waals surface area contributed by atoms with Gasteiger partial charge in [-0.1, -0.05) is 6.07 Å². The summed E-state index contributed by atoms with van der Waals surface area (Å²) in [5.74, 6) is -0.201. The number of halogens is 3. The van der Waals surface area contributed by atoms with E-state index in [4.69, 9.17) is 0 Å². The maximum absolute atomic E-state index is 12.0. The molecule has 2 rings (SSSR count). The summed E-state index contributed by atoms with van der Waals surface area (Å²) in [7, 11) is 0. The van der Waals surface area contributed by atoms with E-state index < -0.39 is 24.0 Å². The molecule has 1 aromatic heterocycles. The average Bonchev–Trinajstić information content (AvgIpc) is 2.25. The standard InChI is InChI=1S/C10H7F3N2O3/c11-10(12,13)4-18-6-3-1-2-5-7(6)14-9(17)15-8(5)16/h1-3H,4H2,(H2,14,15,16,17). The first-order chi connectivity index (χ1) is 8.37. The van der Waals surface area contributed by atoms with Crippen LogP contribution in [-0.4, -0.2) is 22.8 Å². The molecule has 0 saturated carbocycles. The Bertz CT molecular complexity index is 687. The zero-order valence-corrected chi connectivity index (χ0v) is 8.80. The smallest absolute Gasteiger partial charge is 0.422 e. The van der Waals surface area contributed by atoms with E-state index in [0.29, 0.717) is 0 Å². The molecular formula is C10H7F3N2O3. The second kappa shape index (κ2) is 4.21. The van der Waals surface area contributed by atoms with E-state index in [0.717, 1.165) is 0 Å². The Labute approximate surface area is 97.2 Å². The van der Waals surface area contributed by atoms with E-state index in [1.165, 1.54) is 18.2 Å². The van der Waals surface area contributed by atoms with Crippen LogP contribution in [0.1, 0.15) is 0 Å². The Balaban J connectivity index is 2.52. The van der Waals surface area contributed by atoms with Crippen molar-refractivity contribution in [2.24, 2.45) is 0 Å². The molecule has 0 unspecified atom stereocenters. The first-order valence-corrected chi connectivity index (χ1v) is 4.82. The molecule has 0 aliphatic rings. The first-order valence-electron chi connectivity index (χ1n) is 4.82. The number of hydrogen-bond acceptors (Lipinski definition) is 3. The molecule has 0 bridgehead atoms. The van der Waals surface area contributed by atoms with Gasteiger partial charge in [-0.15, -0.1) is 0 Å². The van der Waals surface area contributed by atoms with Gasteiger partial charge in [0.15, 0.2) is 6.61 Å². The quantitative estimate of drug-likeness (QED) is 0.850. The number of alkyl halides is 3. The average molecular weight is 260 g/mol. The van der Waals surface area contributed by atoms with Crippen LogP contribution in [-0.2, 0) is 0 Å². The van der Waals surface area contributed by atoms with E-state index in [2.05, 4.69) is 9.72 Å². The summed E-state index contributed by atoms with van der Waals surface area (Å²) < 4.78 is 40.7. The molecule has 96 valence electrons. The van der Waals surface area contributed by atoms with E-state index in [9.17, 15) is 22.8 Å². The molecular weight excluding hydrogens is 253 g/mol. The number of hydrogen-bond donors (Lipinski definition) is 2. The third-order valence-corrected chi connectivity index (χ3v) is 2.13. The molecule has 0 atom stereocenters. The van der Waals surface area contributed by atoms with Crippen LogP contribution in [0.3, 0.4) is 0 Å². The van der Waals surface area contributed by atoms with Crippen molar-refractivity contribution in [1.29, 1.82) is 0 Å². The minimum atomic E-state index is -4.50. The summed E-state index contributed by atoms with van der Waals surface area (Å²) in [6.45, 7) is -1.50. The third kappa shape index (κ3) is 2.53. The number of ether oxygens (including phenoxy) is 1. The minimum Gasteiger partial charge on any atom is -0.482 e. The van der Waals surface area contributed by atoms with Crippen molar-refractivity contribution < 1.29 is 17.9 Å². The van der Waals surface area contributed by atoms with E-state index in [1.54, 1.807) is 0 Å². The molecule has 0 fully saturated rings. The summed E-state index contributed by atoms with van der Waals surface area (Å²) in [4.78, 5) is 26.7. The molecule has 5 nitrogen and oxygen atoms in total. The largest absolute Gasteiger partial charge is 0.482 e. The Hall–Kier alpha value is -2.25. The fourth-order valence-corrected chi connectivity index (χ4v) is 1.44. The molecule has 0 aliphatic carbocycles. The summed E-state index contributed by atoms with van der Waals surface area (Å²) in [6, 6.07) is 3.97. The highest BCUT2D eigenvalue weighted by molar-refractivity contribution is 5.83. The lowest BCUT2D eigenvalue weighted by molar-refractivity contribution is -0.153.